The first-order valence-electron chi connectivity index (χ1n) is 10.8. The molecule has 3 nitrogen and oxygen atoms in total. The second-order valence-electron chi connectivity index (χ2n) is 9.10. The van der Waals surface area contributed by atoms with Crippen LogP contribution in [0.25, 0.3) is 11.3 Å². The summed E-state index contributed by atoms with van der Waals surface area (Å²) in [7, 11) is 0. The number of hydrogen-bond donors (Lipinski definition) is 2. The monoisotopic (exact) mass is 379 g/mol. The van der Waals surface area contributed by atoms with Crippen LogP contribution >= 0.6 is 0 Å². The number of phenolic OH excluding ortho intramolecular Hbond substituents is 1. The van der Waals surface area contributed by atoms with Gasteiger partial charge in [0.1, 0.15) is 17.1 Å². The summed E-state index contributed by atoms with van der Waals surface area (Å²) in [4.78, 5) is 3.31. The molecule has 3 heteroatoms. The van der Waals surface area contributed by atoms with E-state index in [2.05, 4.69) is 50.9 Å². The maximum Gasteiger partial charge on any atom is 0.132 e. The topological polar surface area (TPSA) is 45.2 Å². The summed E-state index contributed by atoms with van der Waals surface area (Å²) in [6, 6.07) is 6.26. The van der Waals surface area contributed by atoms with E-state index in [1.807, 2.05) is 12.3 Å². The quantitative estimate of drug-likeness (QED) is 0.447. The molecule has 2 N–H and O–H groups in total. The second kappa shape index (κ2) is 7.35. The highest BCUT2D eigenvalue weighted by Gasteiger charge is 2.45. The lowest BCUT2D eigenvalue weighted by atomic mass is 9.67. The number of fused-ring (bicyclic) bond motifs is 3. The Morgan fingerprint density at radius 3 is 2.82 bits per heavy atom. The molecular weight excluding hydrogens is 346 g/mol. The third-order valence-electron chi connectivity index (χ3n) is 6.65. The Morgan fingerprint density at radius 2 is 2.11 bits per heavy atom. The molecule has 150 valence electrons. The van der Waals surface area contributed by atoms with Crippen molar-refractivity contribution < 1.29 is 9.84 Å². The predicted molar refractivity (Wildman–Crippen MR) is 115 cm³/mol. The van der Waals surface area contributed by atoms with E-state index in [0.29, 0.717) is 11.7 Å². The molecule has 0 spiro atoms. The van der Waals surface area contributed by atoms with E-state index in [4.69, 9.17) is 4.74 Å². The number of aromatic hydroxyl groups is 1. The number of ether oxygens (including phenoxy) is 1. The fourth-order valence-corrected chi connectivity index (χ4v) is 5.16. The molecule has 1 aliphatic carbocycles. The maximum atomic E-state index is 11.5. The summed E-state index contributed by atoms with van der Waals surface area (Å²) in [6.07, 6.45) is 11.0. The normalized spacial score (nSPS) is 22.8. The van der Waals surface area contributed by atoms with Gasteiger partial charge in [0.25, 0.3) is 0 Å². The van der Waals surface area contributed by atoms with Gasteiger partial charge in [0.05, 0.1) is 0 Å². The minimum Gasteiger partial charge on any atom is -0.507 e. The minimum atomic E-state index is -0.226. The second-order valence-corrected chi connectivity index (χ2v) is 9.10. The Kier molecular flexibility index (Phi) is 5.03. The van der Waals surface area contributed by atoms with E-state index in [1.165, 1.54) is 24.0 Å². The molecule has 0 saturated carbocycles. The van der Waals surface area contributed by atoms with Crippen molar-refractivity contribution in [2.75, 3.05) is 0 Å². The van der Waals surface area contributed by atoms with Crippen molar-refractivity contribution in [3.05, 3.63) is 47.2 Å². The molecule has 2 unspecified atom stereocenters. The third kappa shape index (κ3) is 3.25. The number of benzene rings is 1. The van der Waals surface area contributed by atoms with Crippen LogP contribution in [0.5, 0.6) is 11.5 Å². The van der Waals surface area contributed by atoms with Crippen LogP contribution in [0.3, 0.4) is 0 Å². The standard InChI is InChI=1S/C25H33NO2/c1-5-6-7-9-17-15-21-23(24(27)22(17)20-10-8-13-26-20)18-14-16(2)11-12-19(18)25(3,4)28-21/h8,10,13-15,18-19,26-27H,5-7,9,11-12H2,1-4H3. The zero-order valence-corrected chi connectivity index (χ0v) is 17.6. The van der Waals surface area contributed by atoms with Crippen molar-refractivity contribution in [2.24, 2.45) is 5.92 Å². The average Bonchev–Trinajstić information content (AvgIpc) is 3.15. The van der Waals surface area contributed by atoms with Gasteiger partial charge in [-0.15, -0.1) is 0 Å². The highest BCUT2D eigenvalue weighted by molar-refractivity contribution is 5.76. The van der Waals surface area contributed by atoms with Crippen molar-refractivity contribution in [1.82, 2.24) is 4.98 Å². The maximum absolute atomic E-state index is 11.5. The van der Waals surface area contributed by atoms with Gasteiger partial charge >= 0.3 is 0 Å². The van der Waals surface area contributed by atoms with Gasteiger partial charge in [0.2, 0.25) is 0 Å². The van der Waals surface area contributed by atoms with Crippen LogP contribution in [0.4, 0.5) is 0 Å². The zero-order chi connectivity index (χ0) is 19.9. The summed E-state index contributed by atoms with van der Waals surface area (Å²) >= 11 is 0. The van der Waals surface area contributed by atoms with Crippen molar-refractivity contribution in [1.29, 1.82) is 0 Å². The molecule has 4 rings (SSSR count). The smallest absolute Gasteiger partial charge is 0.132 e. The number of nitrogens with one attached hydrogen (secondary N) is 1. The van der Waals surface area contributed by atoms with Crippen LogP contribution in [0.1, 0.15) is 76.8 Å². The van der Waals surface area contributed by atoms with Crippen LogP contribution in [0.15, 0.2) is 36.0 Å². The molecule has 2 aromatic rings. The molecule has 0 saturated heterocycles. The number of rotatable bonds is 5. The number of H-pyrrole nitrogens is 1. The molecule has 1 aromatic heterocycles. The molecule has 0 radical (unpaired) electrons. The summed E-state index contributed by atoms with van der Waals surface area (Å²) in [5.74, 6) is 1.88. The van der Waals surface area contributed by atoms with E-state index in [1.54, 1.807) is 0 Å². The molecular formula is C25H33NO2. The molecule has 2 aliphatic rings. The van der Waals surface area contributed by atoms with Crippen LogP contribution in [0.2, 0.25) is 0 Å². The molecule has 1 aliphatic heterocycles. The van der Waals surface area contributed by atoms with E-state index >= 15 is 0 Å². The molecule has 0 amide bonds. The molecule has 2 heterocycles. The van der Waals surface area contributed by atoms with Gasteiger partial charge in [-0.2, -0.15) is 0 Å². The average molecular weight is 380 g/mol. The summed E-state index contributed by atoms with van der Waals surface area (Å²) in [5, 5.41) is 11.5. The third-order valence-corrected chi connectivity index (χ3v) is 6.65. The highest BCUT2D eigenvalue weighted by Crippen LogP contribution is 2.55. The van der Waals surface area contributed by atoms with Gasteiger partial charge in [0.15, 0.2) is 0 Å². The summed E-state index contributed by atoms with van der Waals surface area (Å²) in [5.41, 5.74) is 5.29. The van der Waals surface area contributed by atoms with Crippen LogP contribution in [0, 0.1) is 5.92 Å². The van der Waals surface area contributed by atoms with Crippen LogP contribution in [-0.2, 0) is 6.42 Å². The Morgan fingerprint density at radius 1 is 1.29 bits per heavy atom. The highest BCUT2D eigenvalue weighted by atomic mass is 16.5. The molecule has 0 fully saturated rings. The van der Waals surface area contributed by atoms with Crippen molar-refractivity contribution in [3.8, 4) is 22.8 Å². The lowest BCUT2D eigenvalue weighted by Crippen LogP contribution is -2.45. The first kappa shape index (κ1) is 19.2. The van der Waals surface area contributed by atoms with Gasteiger partial charge in [-0.05, 0) is 70.2 Å². The zero-order valence-electron chi connectivity index (χ0n) is 17.6. The molecule has 0 bridgehead atoms. The van der Waals surface area contributed by atoms with Gasteiger partial charge in [-0.25, -0.2) is 0 Å². The number of aromatic amines is 1. The van der Waals surface area contributed by atoms with Crippen molar-refractivity contribution >= 4 is 0 Å². The van der Waals surface area contributed by atoms with E-state index in [9.17, 15) is 5.11 Å². The lowest BCUT2D eigenvalue weighted by Gasteiger charge is -2.46. The van der Waals surface area contributed by atoms with E-state index in [0.717, 1.165) is 48.3 Å². The Labute approximate surface area is 168 Å². The van der Waals surface area contributed by atoms with Crippen LogP contribution in [-0.4, -0.2) is 15.7 Å². The van der Waals surface area contributed by atoms with Crippen molar-refractivity contribution in [3.63, 3.8) is 0 Å². The fraction of sp³-hybridized carbons (Fsp3) is 0.520. The van der Waals surface area contributed by atoms with Gasteiger partial charge in [-0.1, -0.05) is 31.4 Å². The summed E-state index contributed by atoms with van der Waals surface area (Å²) < 4.78 is 6.52. The Balaban J connectivity index is 1.89. The number of phenols is 1. The largest absolute Gasteiger partial charge is 0.507 e. The number of hydrogen-bond acceptors (Lipinski definition) is 2. The molecule has 28 heavy (non-hydrogen) atoms. The fourth-order valence-electron chi connectivity index (χ4n) is 5.16. The summed E-state index contributed by atoms with van der Waals surface area (Å²) in [6.45, 7) is 8.84. The number of unbranched alkanes of at least 4 members (excludes halogenated alkanes) is 2. The van der Waals surface area contributed by atoms with E-state index in [-0.39, 0.29) is 11.5 Å². The Bertz CT molecular complexity index is 876. The van der Waals surface area contributed by atoms with Gasteiger partial charge in [0, 0.05) is 34.9 Å². The van der Waals surface area contributed by atoms with Crippen molar-refractivity contribution in [2.45, 2.75) is 77.7 Å². The minimum absolute atomic E-state index is 0.214. The van der Waals surface area contributed by atoms with Gasteiger partial charge < -0.3 is 14.8 Å². The number of allylic oxidation sites excluding steroid dienone is 2. The van der Waals surface area contributed by atoms with E-state index < -0.39 is 0 Å². The molecule has 2 atom stereocenters. The first-order valence-corrected chi connectivity index (χ1v) is 10.8. The number of aromatic nitrogens is 1. The predicted octanol–water partition coefficient (Wildman–Crippen LogP) is 6.73. The SMILES string of the molecule is CCCCCc1cc2c(c(O)c1-c1ccc[nH]1)C1C=C(C)CCC1C(C)(C)O2. The lowest BCUT2D eigenvalue weighted by molar-refractivity contribution is 0.0108. The molecule has 1 aromatic carbocycles. The van der Waals surface area contributed by atoms with Crippen LogP contribution < -0.4 is 4.74 Å². The Hall–Kier alpha value is -2.16. The number of aryl methyl sites for hydroxylation is 1. The first-order chi connectivity index (χ1) is 13.4. The van der Waals surface area contributed by atoms with Gasteiger partial charge in [-0.3, -0.25) is 0 Å².